The summed E-state index contributed by atoms with van der Waals surface area (Å²) in [7, 11) is -5.89. The largest absolute Gasteiger partial charge is 0.455 e. The third-order valence-electron chi connectivity index (χ3n) is 7.56. The van der Waals surface area contributed by atoms with Crippen molar-refractivity contribution in [3.63, 3.8) is 0 Å². The first-order valence-corrected chi connectivity index (χ1v) is 13.7. The van der Waals surface area contributed by atoms with Crippen molar-refractivity contribution < 1.29 is 50.3 Å². The average molecular weight is 568 g/mol. The summed E-state index contributed by atoms with van der Waals surface area (Å²) >= 11 is 0. The molecule has 3 heterocycles. The molecule has 3 aliphatic rings. The molecule has 0 aliphatic carbocycles. The Balaban J connectivity index is 1.46. The van der Waals surface area contributed by atoms with Crippen LogP contribution in [0, 0.1) is 11.8 Å². The standard InChI is InChI=1S/C26H27F2NO9S/c1-12(26(27,28)39(33,34)35)36-24(32)17-16-19-18(29(22(16)30)25(2,3)4)21(20(17)37-19)38-23(31)15-10-9-13-7-5-6-8-14(13)11-15/h5-12,16-21H,1-4H3,(H,33,34,35). The second-order valence-electron chi connectivity index (χ2n) is 11.0. The lowest BCUT2D eigenvalue weighted by molar-refractivity contribution is -0.169. The fourth-order valence-electron chi connectivity index (χ4n) is 5.85. The van der Waals surface area contributed by atoms with Crippen molar-refractivity contribution in [1.29, 1.82) is 0 Å². The van der Waals surface area contributed by atoms with E-state index in [1.165, 1.54) is 4.90 Å². The predicted octanol–water partition coefficient (Wildman–Crippen LogP) is 2.80. The van der Waals surface area contributed by atoms with Crippen molar-refractivity contribution in [2.45, 2.75) is 68.9 Å². The SMILES string of the molecule is CC(OC(=O)C1C2OC3C1C(=O)N(C(C)(C)C)C3C2OC(=O)c1ccc2ccccc2c1)C(F)(F)S(=O)(=O)O. The first kappa shape index (κ1) is 27.4. The van der Waals surface area contributed by atoms with Gasteiger partial charge in [0.1, 0.15) is 12.0 Å². The number of carbonyl (C=O) groups excluding carboxylic acids is 3. The number of ether oxygens (including phenoxy) is 3. The van der Waals surface area contributed by atoms with E-state index < -0.39 is 81.1 Å². The number of rotatable bonds is 6. The third-order valence-corrected chi connectivity index (χ3v) is 8.58. The van der Waals surface area contributed by atoms with Crippen LogP contribution in [0.3, 0.4) is 0 Å². The van der Waals surface area contributed by atoms with Crippen LogP contribution >= 0.6 is 0 Å². The summed E-state index contributed by atoms with van der Waals surface area (Å²) in [6.07, 6.45) is -5.79. The molecule has 13 heteroatoms. The number of halogens is 2. The van der Waals surface area contributed by atoms with Gasteiger partial charge in [-0.25, -0.2) is 4.79 Å². The highest BCUT2D eigenvalue weighted by molar-refractivity contribution is 7.86. The average Bonchev–Trinajstić information content (AvgIpc) is 3.45. The highest BCUT2D eigenvalue weighted by Crippen LogP contribution is 2.54. The molecule has 7 atom stereocenters. The van der Waals surface area contributed by atoms with Crippen molar-refractivity contribution >= 4 is 38.7 Å². The Morgan fingerprint density at radius 1 is 1.08 bits per heavy atom. The Morgan fingerprint density at radius 2 is 1.72 bits per heavy atom. The van der Waals surface area contributed by atoms with Gasteiger partial charge in [0.15, 0.2) is 12.2 Å². The van der Waals surface area contributed by atoms with Gasteiger partial charge in [-0.1, -0.05) is 30.3 Å². The van der Waals surface area contributed by atoms with Crippen molar-refractivity contribution in [1.82, 2.24) is 4.90 Å². The summed E-state index contributed by atoms with van der Waals surface area (Å²) in [5.41, 5.74) is -0.551. The van der Waals surface area contributed by atoms with Crippen LogP contribution in [0.15, 0.2) is 42.5 Å². The maximum atomic E-state index is 14.1. The van der Waals surface area contributed by atoms with E-state index >= 15 is 0 Å². The molecule has 2 aromatic carbocycles. The van der Waals surface area contributed by atoms with E-state index in [4.69, 9.17) is 18.8 Å². The highest BCUT2D eigenvalue weighted by atomic mass is 32.2. The monoisotopic (exact) mass is 567 g/mol. The summed E-state index contributed by atoms with van der Waals surface area (Å²) < 4.78 is 75.9. The Morgan fingerprint density at radius 3 is 2.33 bits per heavy atom. The fraction of sp³-hybridized carbons (Fsp3) is 0.500. The number of nitrogens with zero attached hydrogens (tertiary/aromatic N) is 1. The van der Waals surface area contributed by atoms with Crippen LogP contribution in [0.1, 0.15) is 38.1 Å². The zero-order valence-electron chi connectivity index (χ0n) is 21.4. The molecule has 210 valence electrons. The summed E-state index contributed by atoms with van der Waals surface area (Å²) in [5.74, 6) is -5.10. The van der Waals surface area contributed by atoms with E-state index in [0.29, 0.717) is 6.92 Å². The number of alkyl halides is 2. The highest BCUT2D eigenvalue weighted by Gasteiger charge is 2.74. The van der Waals surface area contributed by atoms with Crippen molar-refractivity contribution in [2.75, 3.05) is 0 Å². The summed E-state index contributed by atoms with van der Waals surface area (Å²) in [4.78, 5) is 41.3. The number of amides is 1. The van der Waals surface area contributed by atoms with E-state index in [2.05, 4.69) is 0 Å². The minimum absolute atomic E-state index is 0.222. The normalized spacial score (nSPS) is 29.1. The van der Waals surface area contributed by atoms with E-state index in [1.807, 2.05) is 24.3 Å². The summed E-state index contributed by atoms with van der Waals surface area (Å²) in [5, 5.41) is -3.10. The molecule has 0 aromatic heterocycles. The number of esters is 2. The molecule has 10 nitrogen and oxygen atoms in total. The number of hydrogen-bond donors (Lipinski definition) is 1. The van der Waals surface area contributed by atoms with E-state index in [0.717, 1.165) is 10.8 Å². The smallest absolute Gasteiger partial charge is 0.405 e. The first-order chi connectivity index (χ1) is 18.0. The number of hydrogen-bond acceptors (Lipinski definition) is 8. The Bertz CT molecular complexity index is 1470. The molecule has 1 amide bonds. The molecule has 2 bridgehead atoms. The van der Waals surface area contributed by atoms with Gasteiger partial charge in [-0.15, -0.1) is 0 Å². The molecule has 2 aromatic rings. The van der Waals surface area contributed by atoms with Crippen LogP contribution in [0.2, 0.25) is 0 Å². The zero-order valence-corrected chi connectivity index (χ0v) is 22.2. The number of likely N-dealkylation sites (tertiary alicyclic amines) is 1. The van der Waals surface area contributed by atoms with Gasteiger partial charge >= 0.3 is 27.3 Å². The van der Waals surface area contributed by atoms with Crippen LogP contribution in [0.25, 0.3) is 10.8 Å². The molecule has 7 unspecified atom stereocenters. The topological polar surface area (TPSA) is 137 Å². The van der Waals surface area contributed by atoms with Gasteiger partial charge in [0.2, 0.25) is 5.91 Å². The second kappa shape index (κ2) is 8.93. The molecule has 0 saturated carbocycles. The molecule has 1 N–H and O–H groups in total. The van der Waals surface area contributed by atoms with Crippen molar-refractivity contribution in [2.24, 2.45) is 11.8 Å². The van der Waals surface area contributed by atoms with Crippen LogP contribution in [-0.4, -0.2) is 77.0 Å². The number of fused-ring (bicyclic) bond motifs is 2. The summed E-state index contributed by atoms with van der Waals surface area (Å²) in [6, 6.07) is 11.6. The van der Waals surface area contributed by atoms with Gasteiger partial charge in [-0.3, -0.25) is 14.1 Å². The van der Waals surface area contributed by atoms with Crippen LogP contribution < -0.4 is 0 Å². The molecule has 39 heavy (non-hydrogen) atoms. The van der Waals surface area contributed by atoms with E-state index in [-0.39, 0.29) is 5.56 Å². The van der Waals surface area contributed by atoms with Gasteiger partial charge in [0.25, 0.3) is 0 Å². The van der Waals surface area contributed by atoms with Crippen LogP contribution in [-0.2, 0) is 33.9 Å². The van der Waals surface area contributed by atoms with Gasteiger partial charge in [0.05, 0.1) is 23.6 Å². The van der Waals surface area contributed by atoms with Crippen LogP contribution in [0.5, 0.6) is 0 Å². The molecule has 3 saturated heterocycles. The van der Waals surface area contributed by atoms with Gasteiger partial charge < -0.3 is 19.1 Å². The molecular formula is C26H27F2NO9S. The predicted molar refractivity (Wildman–Crippen MR) is 131 cm³/mol. The Hall–Kier alpha value is -3.16. The number of carbonyl (C=O) groups is 3. The third kappa shape index (κ3) is 4.27. The molecule has 0 spiro atoms. The minimum Gasteiger partial charge on any atom is -0.455 e. The maximum Gasteiger partial charge on any atom is 0.405 e. The molecule has 0 radical (unpaired) electrons. The van der Waals surface area contributed by atoms with E-state index in [9.17, 15) is 31.6 Å². The van der Waals surface area contributed by atoms with Crippen LogP contribution in [0.4, 0.5) is 8.78 Å². The molecular weight excluding hydrogens is 540 g/mol. The van der Waals surface area contributed by atoms with E-state index in [1.54, 1.807) is 39.0 Å². The summed E-state index contributed by atoms with van der Waals surface area (Å²) in [6.45, 7) is 5.88. The first-order valence-electron chi connectivity index (χ1n) is 12.3. The lowest BCUT2D eigenvalue weighted by Gasteiger charge is -2.38. The van der Waals surface area contributed by atoms with Gasteiger partial charge in [-0.2, -0.15) is 17.2 Å². The number of benzene rings is 2. The fourth-order valence-corrected chi connectivity index (χ4v) is 6.31. The quantitative estimate of drug-likeness (QED) is 0.413. The Labute approximate surface area is 222 Å². The second-order valence-corrected chi connectivity index (χ2v) is 12.5. The van der Waals surface area contributed by atoms with Gasteiger partial charge in [-0.05, 0) is 50.6 Å². The van der Waals surface area contributed by atoms with Gasteiger partial charge in [0, 0.05) is 5.54 Å². The van der Waals surface area contributed by atoms with Crippen molar-refractivity contribution in [3.05, 3.63) is 48.0 Å². The minimum atomic E-state index is -5.89. The molecule has 3 fully saturated rings. The lowest BCUT2D eigenvalue weighted by Crippen LogP contribution is -2.55. The maximum absolute atomic E-state index is 14.1. The Kier molecular flexibility index (Phi) is 6.28. The van der Waals surface area contributed by atoms with Crippen molar-refractivity contribution in [3.8, 4) is 0 Å². The zero-order chi connectivity index (χ0) is 28.7. The molecule has 5 rings (SSSR count). The lowest BCUT2D eigenvalue weighted by atomic mass is 9.78. The molecule has 3 aliphatic heterocycles.